The molecule has 0 aromatic heterocycles. The SMILES string of the molecule is CC(C)C[C@H](NN1CCOCC1)C(=O)O. The lowest BCUT2D eigenvalue weighted by Gasteiger charge is -2.30. The topological polar surface area (TPSA) is 61.8 Å². The molecule has 0 saturated carbocycles. The summed E-state index contributed by atoms with van der Waals surface area (Å²) in [4.78, 5) is 11.0. The zero-order valence-electron chi connectivity index (χ0n) is 9.40. The predicted molar refractivity (Wildman–Crippen MR) is 56.4 cm³/mol. The van der Waals surface area contributed by atoms with Crippen LogP contribution in [-0.4, -0.2) is 48.4 Å². The molecule has 1 aliphatic rings. The lowest BCUT2D eigenvalue weighted by molar-refractivity contribution is -0.142. The molecule has 0 amide bonds. The van der Waals surface area contributed by atoms with Crippen LogP contribution in [0.25, 0.3) is 0 Å². The molecule has 2 N–H and O–H groups in total. The largest absolute Gasteiger partial charge is 0.480 e. The van der Waals surface area contributed by atoms with Crippen molar-refractivity contribution in [3.05, 3.63) is 0 Å². The van der Waals surface area contributed by atoms with Gasteiger partial charge in [-0.3, -0.25) is 4.79 Å². The van der Waals surface area contributed by atoms with Crippen LogP contribution in [0, 0.1) is 5.92 Å². The van der Waals surface area contributed by atoms with E-state index in [0.29, 0.717) is 25.6 Å². The maximum absolute atomic E-state index is 11.0. The summed E-state index contributed by atoms with van der Waals surface area (Å²) in [6.07, 6.45) is 0.646. The summed E-state index contributed by atoms with van der Waals surface area (Å²) in [5, 5.41) is 11.0. The van der Waals surface area contributed by atoms with Crippen molar-refractivity contribution in [1.82, 2.24) is 10.4 Å². The zero-order valence-corrected chi connectivity index (χ0v) is 9.40. The van der Waals surface area contributed by atoms with Crippen molar-refractivity contribution in [3.63, 3.8) is 0 Å². The number of carboxylic acid groups (broad SMARTS) is 1. The van der Waals surface area contributed by atoms with Crippen molar-refractivity contribution >= 4 is 5.97 Å². The number of ether oxygens (including phenoxy) is 1. The predicted octanol–water partition coefficient (Wildman–Crippen LogP) is 0.323. The fourth-order valence-corrected chi connectivity index (χ4v) is 1.59. The van der Waals surface area contributed by atoms with Crippen LogP contribution in [-0.2, 0) is 9.53 Å². The Balaban J connectivity index is 2.38. The first kappa shape index (κ1) is 12.4. The molecule has 1 rings (SSSR count). The zero-order chi connectivity index (χ0) is 11.3. The van der Waals surface area contributed by atoms with Crippen LogP contribution in [0.5, 0.6) is 0 Å². The van der Waals surface area contributed by atoms with Gasteiger partial charge in [-0.15, -0.1) is 0 Å². The van der Waals surface area contributed by atoms with E-state index in [9.17, 15) is 4.79 Å². The summed E-state index contributed by atoms with van der Waals surface area (Å²) in [6, 6.07) is -0.483. The number of hydrogen-bond donors (Lipinski definition) is 2. The number of aliphatic carboxylic acids is 1. The van der Waals surface area contributed by atoms with Gasteiger partial charge in [-0.2, -0.15) is 0 Å². The molecule has 0 aliphatic carbocycles. The molecule has 1 saturated heterocycles. The van der Waals surface area contributed by atoms with E-state index in [0.717, 1.165) is 13.1 Å². The second-order valence-electron chi connectivity index (χ2n) is 4.25. The van der Waals surface area contributed by atoms with Crippen molar-refractivity contribution in [2.75, 3.05) is 26.3 Å². The number of carbonyl (C=O) groups is 1. The molecule has 0 unspecified atom stereocenters. The Hall–Kier alpha value is -0.650. The monoisotopic (exact) mass is 216 g/mol. The minimum atomic E-state index is -0.782. The van der Waals surface area contributed by atoms with Gasteiger partial charge in [-0.25, -0.2) is 10.4 Å². The smallest absolute Gasteiger partial charge is 0.322 e. The highest BCUT2D eigenvalue weighted by Gasteiger charge is 2.22. The summed E-state index contributed by atoms with van der Waals surface area (Å²) < 4.78 is 5.19. The number of rotatable bonds is 5. The Morgan fingerprint density at radius 1 is 1.47 bits per heavy atom. The molecule has 1 fully saturated rings. The average Bonchev–Trinajstić information content (AvgIpc) is 2.17. The highest BCUT2D eigenvalue weighted by molar-refractivity contribution is 5.73. The molecule has 0 radical (unpaired) electrons. The van der Waals surface area contributed by atoms with Crippen LogP contribution < -0.4 is 5.43 Å². The fourth-order valence-electron chi connectivity index (χ4n) is 1.59. The third-order valence-electron chi connectivity index (χ3n) is 2.35. The maximum atomic E-state index is 11.0. The van der Waals surface area contributed by atoms with Crippen molar-refractivity contribution in [1.29, 1.82) is 0 Å². The van der Waals surface area contributed by atoms with E-state index in [2.05, 4.69) is 5.43 Å². The van der Waals surface area contributed by atoms with E-state index in [1.165, 1.54) is 0 Å². The standard InChI is InChI=1S/C10H20N2O3/c1-8(2)7-9(10(13)14)11-12-3-5-15-6-4-12/h8-9,11H,3-7H2,1-2H3,(H,13,14)/t9-/m0/s1. The lowest BCUT2D eigenvalue weighted by atomic mass is 10.0. The van der Waals surface area contributed by atoms with Gasteiger partial charge in [-0.05, 0) is 12.3 Å². The summed E-state index contributed by atoms with van der Waals surface area (Å²) in [7, 11) is 0. The first-order chi connectivity index (χ1) is 7.09. The Kier molecular flexibility index (Phi) is 5.01. The second-order valence-corrected chi connectivity index (χ2v) is 4.25. The van der Waals surface area contributed by atoms with E-state index in [1.54, 1.807) is 0 Å². The first-order valence-corrected chi connectivity index (χ1v) is 5.41. The lowest BCUT2D eigenvalue weighted by Crippen LogP contribution is -2.53. The summed E-state index contributed by atoms with van der Waals surface area (Å²) >= 11 is 0. The number of carboxylic acids is 1. The van der Waals surface area contributed by atoms with Gasteiger partial charge in [-0.1, -0.05) is 13.8 Å². The van der Waals surface area contributed by atoms with Gasteiger partial charge in [0.2, 0.25) is 0 Å². The first-order valence-electron chi connectivity index (χ1n) is 5.41. The van der Waals surface area contributed by atoms with Gasteiger partial charge in [0.25, 0.3) is 0 Å². The quantitative estimate of drug-likeness (QED) is 0.693. The molecule has 88 valence electrons. The molecular formula is C10H20N2O3. The van der Waals surface area contributed by atoms with Crippen LogP contribution in [0.2, 0.25) is 0 Å². The van der Waals surface area contributed by atoms with Crippen LogP contribution in [0.3, 0.4) is 0 Å². The van der Waals surface area contributed by atoms with Crippen molar-refractivity contribution < 1.29 is 14.6 Å². The number of nitrogens with zero attached hydrogens (tertiary/aromatic N) is 1. The summed E-state index contributed by atoms with van der Waals surface area (Å²) in [5.41, 5.74) is 3.04. The molecule has 5 nitrogen and oxygen atoms in total. The Morgan fingerprint density at radius 2 is 2.07 bits per heavy atom. The second kappa shape index (κ2) is 6.05. The molecule has 0 bridgehead atoms. The average molecular weight is 216 g/mol. The highest BCUT2D eigenvalue weighted by Crippen LogP contribution is 2.06. The van der Waals surface area contributed by atoms with E-state index in [4.69, 9.17) is 9.84 Å². The minimum Gasteiger partial charge on any atom is -0.480 e. The molecule has 15 heavy (non-hydrogen) atoms. The third-order valence-corrected chi connectivity index (χ3v) is 2.35. The van der Waals surface area contributed by atoms with Crippen LogP contribution in [0.4, 0.5) is 0 Å². The summed E-state index contributed by atoms with van der Waals surface area (Å²) in [5.74, 6) is -0.408. The van der Waals surface area contributed by atoms with Gasteiger partial charge in [0.1, 0.15) is 6.04 Å². The molecule has 1 atom stereocenters. The molecule has 1 heterocycles. The van der Waals surface area contributed by atoms with E-state index < -0.39 is 12.0 Å². The van der Waals surface area contributed by atoms with Gasteiger partial charge in [0, 0.05) is 13.1 Å². The number of nitrogens with one attached hydrogen (secondary N) is 1. The Labute approximate surface area is 90.4 Å². The summed E-state index contributed by atoms with van der Waals surface area (Å²) in [6.45, 7) is 6.89. The Bertz CT molecular complexity index is 203. The van der Waals surface area contributed by atoms with Crippen molar-refractivity contribution in [2.24, 2.45) is 5.92 Å². The van der Waals surface area contributed by atoms with Crippen LogP contribution in [0.15, 0.2) is 0 Å². The normalized spacial score (nSPS) is 20.5. The van der Waals surface area contributed by atoms with Gasteiger partial charge < -0.3 is 9.84 Å². The van der Waals surface area contributed by atoms with Crippen LogP contribution >= 0.6 is 0 Å². The van der Waals surface area contributed by atoms with Crippen LogP contribution in [0.1, 0.15) is 20.3 Å². The molecule has 0 spiro atoms. The number of hydrogen-bond acceptors (Lipinski definition) is 4. The maximum Gasteiger partial charge on any atom is 0.322 e. The van der Waals surface area contributed by atoms with E-state index in [-0.39, 0.29) is 0 Å². The van der Waals surface area contributed by atoms with Gasteiger partial charge >= 0.3 is 5.97 Å². The number of morpholine rings is 1. The van der Waals surface area contributed by atoms with E-state index >= 15 is 0 Å². The van der Waals surface area contributed by atoms with Crippen molar-refractivity contribution in [2.45, 2.75) is 26.3 Å². The fraction of sp³-hybridized carbons (Fsp3) is 0.900. The minimum absolute atomic E-state index is 0.375. The molecule has 0 aromatic rings. The third kappa shape index (κ3) is 4.59. The number of hydrazine groups is 1. The van der Waals surface area contributed by atoms with Gasteiger partial charge in [0.05, 0.1) is 13.2 Å². The van der Waals surface area contributed by atoms with E-state index in [1.807, 2.05) is 18.9 Å². The molecular weight excluding hydrogens is 196 g/mol. The molecule has 1 aliphatic heterocycles. The Morgan fingerprint density at radius 3 is 2.53 bits per heavy atom. The molecule has 5 heteroatoms. The highest BCUT2D eigenvalue weighted by atomic mass is 16.5. The van der Waals surface area contributed by atoms with Crippen molar-refractivity contribution in [3.8, 4) is 0 Å². The van der Waals surface area contributed by atoms with Gasteiger partial charge in [0.15, 0.2) is 0 Å². The molecule has 0 aromatic carbocycles.